The van der Waals surface area contributed by atoms with Gasteiger partial charge in [-0.2, -0.15) is 0 Å². The minimum Gasteiger partial charge on any atom is -0.342 e. The van der Waals surface area contributed by atoms with E-state index in [1.54, 1.807) is 0 Å². The summed E-state index contributed by atoms with van der Waals surface area (Å²) in [5.41, 5.74) is 5.64. The Hall–Kier alpha value is -0.570. The van der Waals surface area contributed by atoms with Crippen molar-refractivity contribution in [1.29, 1.82) is 0 Å². The highest BCUT2D eigenvalue weighted by molar-refractivity contribution is 5.84. The molecule has 0 radical (unpaired) electrons. The molecule has 1 saturated carbocycles. The molecule has 1 aliphatic carbocycles. The summed E-state index contributed by atoms with van der Waals surface area (Å²) in [6, 6.07) is 0. The second kappa shape index (κ2) is 6.55. The molecular weight excluding hydrogens is 224 g/mol. The Balaban J connectivity index is 2.67. The minimum absolute atomic E-state index is 0.235. The highest BCUT2D eigenvalue weighted by Crippen LogP contribution is 2.46. The Labute approximate surface area is 112 Å². The molecule has 1 amide bonds. The van der Waals surface area contributed by atoms with E-state index in [0.717, 1.165) is 38.8 Å². The molecule has 0 atom stereocenters. The lowest BCUT2D eigenvalue weighted by molar-refractivity contribution is -0.150. The van der Waals surface area contributed by atoms with Gasteiger partial charge in [0.15, 0.2) is 0 Å². The van der Waals surface area contributed by atoms with Gasteiger partial charge in [0, 0.05) is 19.6 Å². The SMILES string of the molecule is CCC(CC)CN(CC)C(=O)C1(CN)CC(C)C1. The van der Waals surface area contributed by atoms with Crippen LogP contribution in [0.4, 0.5) is 0 Å². The normalized spacial score (nSPS) is 27.1. The van der Waals surface area contributed by atoms with Crippen molar-refractivity contribution in [3.05, 3.63) is 0 Å². The summed E-state index contributed by atoms with van der Waals surface area (Å²) in [6.07, 6.45) is 4.24. The Bertz CT molecular complexity index is 268. The molecule has 0 saturated heterocycles. The van der Waals surface area contributed by atoms with Crippen LogP contribution in [0.25, 0.3) is 0 Å². The zero-order valence-corrected chi connectivity index (χ0v) is 12.5. The van der Waals surface area contributed by atoms with Crippen LogP contribution in [0.1, 0.15) is 53.4 Å². The van der Waals surface area contributed by atoms with Crippen LogP contribution in [-0.4, -0.2) is 30.4 Å². The number of hydrogen-bond donors (Lipinski definition) is 1. The van der Waals surface area contributed by atoms with E-state index in [1.165, 1.54) is 0 Å². The van der Waals surface area contributed by atoms with Crippen LogP contribution >= 0.6 is 0 Å². The summed E-state index contributed by atoms with van der Waals surface area (Å²) < 4.78 is 0. The number of hydrogen-bond acceptors (Lipinski definition) is 2. The average Bonchev–Trinajstić information content (AvgIpc) is 2.35. The van der Waals surface area contributed by atoms with Crippen LogP contribution in [0.15, 0.2) is 0 Å². The van der Waals surface area contributed by atoms with Gasteiger partial charge in [-0.15, -0.1) is 0 Å². The fourth-order valence-corrected chi connectivity index (χ4v) is 3.25. The number of nitrogens with two attached hydrogens (primary N) is 1. The first kappa shape index (κ1) is 15.5. The van der Waals surface area contributed by atoms with Crippen LogP contribution in [-0.2, 0) is 4.79 Å². The zero-order chi connectivity index (χ0) is 13.8. The molecular formula is C15H30N2O. The van der Waals surface area contributed by atoms with Crippen LogP contribution in [0, 0.1) is 17.3 Å². The first-order valence-corrected chi connectivity index (χ1v) is 7.52. The Morgan fingerprint density at radius 1 is 1.33 bits per heavy atom. The van der Waals surface area contributed by atoms with Gasteiger partial charge < -0.3 is 10.6 Å². The van der Waals surface area contributed by atoms with Crippen molar-refractivity contribution in [3.8, 4) is 0 Å². The van der Waals surface area contributed by atoms with Gasteiger partial charge >= 0.3 is 0 Å². The van der Waals surface area contributed by atoms with Crippen molar-refractivity contribution in [1.82, 2.24) is 4.90 Å². The highest BCUT2D eigenvalue weighted by atomic mass is 16.2. The van der Waals surface area contributed by atoms with Crippen molar-refractivity contribution in [2.75, 3.05) is 19.6 Å². The number of carbonyl (C=O) groups is 1. The molecule has 0 aromatic carbocycles. The highest BCUT2D eigenvalue weighted by Gasteiger charge is 2.48. The maximum absolute atomic E-state index is 12.7. The summed E-state index contributed by atoms with van der Waals surface area (Å²) in [4.78, 5) is 14.7. The molecule has 1 fully saturated rings. The van der Waals surface area contributed by atoms with E-state index in [2.05, 4.69) is 27.7 Å². The molecule has 0 aromatic rings. The van der Waals surface area contributed by atoms with Gasteiger partial charge in [-0.05, 0) is 31.6 Å². The predicted octanol–water partition coefficient (Wildman–Crippen LogP) is 2.65. The van der Waals surface area contributed by atoms with E-state index in [9.17, 15) is 4.79 Å². The van der Waals surface area contributed by atoms with Crippen LogP contribution in [0.3, 0.4) is 0 Å². The van der Waals surface area contributed by atoms with E-state index in [0.29, 0.717) is 24.3 Å². The third kappa shape index (κ3) is 3.05. The largest absolute Gasteiger partial charge is 0.342 e. The Kier molecular flexibility index (Phi) is 5.64. The van der Waals surface area contributed by atoms with Gasteiger partial charge in [0.25, 0.3) is 0 Å². The summed E-state index contributed by atoms with van der Waals surface area (Å²) in [5.74, 6) is 1.59. The molecule has 2 N–H and O–H groups in total. The lowest BCUT2D eigenvalue weighted by Crippen LogP contribution is -2.55. The smallest absolute Gasteiger partial charge is 0.230 e. The fraction of sp³-hybridized carbons (Fsp3) is 0.933. The number of carbonyl (C=O) groups excluding carboxylic acids is 1. The molecule has 0 unspecified atom stereocenters. The van der Waals surface area contributed by atoms with Crippen molar-refractivity contribution >= 4 is 5.91 Å². The van der Waals surface area contributed by atoms with Crippen molar-refractivity contribution < 1.29 is 4.79 Å². The second-order valence-corrected chi connectivity index (χ2v) is 6.02. The van der Waals surface area contributed by atoms with Crippen LogP contribution in [0.5, 0.6) is 0 Å². The van der Waals surface area contributed by atoms with E-state index < -0.39 is 0 Å². The van der Waals surface area contributed by atoms with Crippen molar-refractivity contribution in [2.45, 2.75) is 53.4 Å². The molecule has 0 aromatic heterocycles. The van der Waals surface area contributed by atoms with Crippen LogP contribution in [0.2, 0.25) is 0 Å². The third-order valence-corrected chi connectivity index (χ3v) is 4.63. The summed E-state index contributed by atoms with van der Waals surface area (Å²) >= 11 is 0. The van der Waals surface area contributed by atoms with Crippen molar-refractivity contribution in [3.63, 3.8) is 0 Å². The van der Waals surface area contributed by atoms with E-state index in [4.69, 9.17) is 5.73 Å². The van der Waals surface area contributed by atoms with Gasteiger partial charge in [0.1, 0.15) is 0 Å². The molecule has 1 aliphatic rings. The third-order valence-electron chi connectivity index (χ3n) is 4.63. The molecule has 3 nitrogen and oxygen atoms in total. The van der Waals surface area contributed by atoms with Gasteiger partial charge in [-0.3, -0.25) is 4.79 Å². The molecule has 0 spiro atoms. The number of rotatable bonds is 7. The second-order valence-electron chi connectivity index (χ2n) is 6.02. The fourth-order valence-electron chi connectivity index (χ4n) is 3.25. The predicted molar refractivity (Wildman–Crippen MR) is 76.2 cm³/mol. The topological polar surface area (TPSA) is 46.3 Å². The summed E-state index contributed by atoms with van der Waals surface area (Å²) in [6.45, 7) is 10.9. The average molecular weight is 254 g/mol. The van der Waals surface area contributed by atoms with Crippen LogP contribution < -0.4 is 5.73 Å². The van der Waals surface area contributed by atoms with E-state index in [1.807, 2.05) is 4.90 Å². The zero-order valence-electron chi connectivity index (χ0n) is 12.5. The number of nitrogens with zero attached hydrogens (tertiary/aromatic N) is 1. The summed E-state index contributed by atoms with van der Waals surface area (Å²) in [5, 5.41) is 0. The van der Waals surface area contributed by atoms with Crippen molar-refractivity contribution in [2.24, 2.45) is 23.0 Å². The first-order valence-electron chi connectivity index (χ1n) is 7.52. The molecule has 18 heavy (non-hydrogen) atoms. The lowest BCUT2D eigenvalue weighted by atomic mass is 9.61. The molecule has 106 valence electrons. The van der Waals surface area contributed by atoms with E-state index >= 15 is 0 Å². The van der Waals surface area contributed by atoms with Gasteiger partial charge in [0.2, 0.25) is 5.91 Å². The van der Waals surface area contributed by atoms with E-state index in [-0.39, 0.29) is 5.41 Å². The number of amides is 1. The molecule has 1 rings (SSSR count). The Morgan fingerprint density at radius 3 is 2.22 bits per heavy atom. The summed E-state index contributed by atoms with van der Waals surface area (Å²) in [7, 11) is 0. The minimum atomic E-state index is -0.235. The molecule has 0 heterocycles. The Morgan fingerprint density at radius 2 is 1.89 bits per heavy atom. The van der Waals surface area contributed by atoms with Gasteiger partial charge in [-0.25, -0.2) is 0 Å². The first-order chi connectivity index (χ1) is 8.52. The molecule has 0 aliphatic heterocycles. The lowest BCUT2D eigenvalue weighted by Gasteiger charge is -2.47. The molecule has 0 bridgehead atoms. The monoisotopic (exact) mass is 254 g/mol. The molecule has 3 heteroatoms. The van der Waals surface area contributed by atoms with Gasteiger partial charge in [0.05, 0.1) is 5.41 Å². The maximum Gasteiger partial charge on any atom is 0.230 e. The maximum atomic E-state index is 12.7. The quantitative estimate of drug-likeness (QED) is 0.759. The standard InChI is InChI=1S/C15H30N2O/c1-5-13(6-2)10-17(7-3)14(18)15(11-16)8-12(4)9-15/h12-13H,5-11,16H2,1-4H3. The van der Waals surface area contributed by atoms with Gasteiger partial charge in [-0.1, -0.05) is 33.6 Å².